The minimum absolute atomic E-state index is 0.103. The molecule has 2 N–H and O–H groups in total. The molecule has 5 heteroatoms. The summed E-state index contributed by atoms with van der Waals surface area (Å²) in [4.78, 5) is 17.4. The molecule has 1 aliphatic carbocycles. The number of ether oxygens (including phenoxy) is 1. The van der Waals surface area contributed by atoms with Crippen LogP contribution in [0.5, 0.6) is 0 Å². The number of aliphatic imine (C=N–C) groups is 1. The lowest BCUT2D eigenvalue weighted by molar-refractivity contribution is -0.147. The molecular weight excluding hydrogens is 182 g/mol. The van der Waals surface area contributed by atoms with E-state index in [0.29, 0.717) is 18.4 Å². The van der Waals surface area contributed by atoms with Crippen molar-refractivity contribution in [2.75, 3.05) is 27.2 Å². The van der Waals surface area contributed by atoms with Crippen molar-refractivity contribution in [3.8, 4) is 0 Å². The van der Waals surface area contributed by atoms with Gasteiger partial charge in [-0.1, -0.05) is 0 Å². The first-order valence-electron chi connectivity index (χ1n) is 4.69. The van der Waals surface area contributed by atoms with Gasteiger partial charge in [-0.2, -0.15) is 0 Å². The number of guanidine groups is 1. The summed E-state index contributed by atoms with van der Waals surface area (Å²) in [7, 11) is 3.09. The molecule has 0 amide bonds. The van der Waals surface area contributed by atoms with Crippen LogP contribution in [0.15, 0.2) is 4.99 Å². The highest BCUT2D eigenvalue weighted by Gasteiger charge is 2.66. The summed E-state index contributed by atoms with van der Waals surface area (Å²) in [6, 6.07) is 0. The number of piperidine rings is 1. The normalized spacial score (nSPS) is 35.4. The van der Waals surface area contributed by atoms with E-state index in [1.165, 1.54) is 7.11 Å². The SMILES string of the molecule is CN=C(N)N1C[C@@H]2C[C@]2(C(=O)OC)C1. The Hall–Kier alpha value is -1.26. The van der Waals surface area contributed by atoms with Gasteiger partial charge in [0.15, 0.2) is 5.96 Å². The van der Waals surface area contributed by atoms with Gasteiger partial charge >= 0.3 is 5.97 Å². The number of hydrogen-bond donors (Lipinski definition) is 1. The fourth-order valence-corrected chi connectivity index (χ4v) is 2.32. The number of likely N-dealkylation sites (tertiary alicyclic amines) is 1. The van der Waals surface area contributed by atoms with Crippen LogP contribution in [0.2, 0.25) is 0 Å². The van der Waals surface area contributed by atoms with Crippen LogP contribution in [0.3, 0.4) is 0 Å². The summed E-state index contributed by atoms with van der Waals surface area (Å²) in [5.41, 5.74) is 5.41. The van der Waals surface area contributed by atoms with Crippen LogP contribution >= 0.6 is 0 Å². The van der Waals surface area contributed by atoms with Gasteiger partial charge in [-0.15, -0.1) is 0 Å². The maximum atomic E-state index is 11.5. The maximum Gasteiger partial charge on any atom is 0.313 e. The van der Waals surface area contributed by atoms with Crippen molar-refractivity contribution >= 4 is 11.9 Å². The standard InChI is InChI=1S/C9H15N3O2/c1-11-8(10)12-4-6-3-9(6,5-12)7(13)14-2/h6H,3-5H2,1-2H3,(H2,10,11)/t6-,9-/m0/s1. The van der Waals surface area contributed by atoms with Gasteiger partial charge in [0.25, 0.3) is 0 Å². The van der Waals surface area contributed by atoms with Gasteiger partial charge < -0.3 is 15.4 Å². The van der Waals surface area contributed by atoms with Crippen LogP contribution in [0.4, 0.5) is 0 Å². The molecule has 2 fully saturated rings. The third-order valence-electron chi connectivity index (χ3n) is 3.29. The number of rotatable bonds is 1. The molecule has 0 unspecified atom stereocenters. The van der Waals surface area contributed by atoms with Crippen molar-refractivity contribution in [3.63, 3.8) is 0 Å². The average molecular weight is 197 g/mol. The first-order chi connectivity index (χ1) is 6.64. The van der Waals surface area contributed by atoms with Crippen LogP contribution in [0, 0.1) is 11.3 Å². The first kappa shape index (κ1) is 9.30. The smallest absolute Gasteiger partial charge is 0.313 e. The number of nitrogens with zero attached hydrogens (tertiary/aromatic N) is 2. The number of nitrogens with two attached hydrogens (primary N) is 1. The zero-order valence-corrected chi connectivity index (χ0v) is 8.49. The quantitative estimate of drug-likeness (QED) is 0.347. The van der Waals surface area contributed by atoms with Gasteiger partial charge in [0.05, 0.1) is 12.5 Å². The Morgan fingerprint density at radius 3 is 3.00 bits per heavy atom. The zero-order valence-electron chi connectivity index (χ0n) is 8.49. The van der Waals surface area contributed by atoms with Crippen LogP contribution in [0.1, 0.15) is 6.42 Å². The highest BCUT2D eigenvalue weighted by atomic mass is 16.5. The lowest BCUT2D eigenvalue weighted by atomic mass is 10.1. The fourth-order valence-electron chi connectivity index (χ4n) is 2.32. The van der Waals surface area contributed by atoms with Crippen LogP contribution in [-0.4, -0.2) is 44.1 Å². The Morgan fingerprint density at radius 1 is 1.71 bits per heavy atom. The molecule has 1 saturated heterocycles. The number of carbonyl (C=O) groups is 1. The Kier molecular flexibility index (Phi) is 1.90. The van der Waals surface area contributed by atoms with Gasteiger partial charge in [-0.05, 0) is 12.3 Å². The minimum atomic E-state index is -0.274. The molecule has 0 aromatic rings. The van der Waals surface area contributed by atoms with E-state index in [1.807, 2.05) is 4.90 Å². The molecular formula is C9H15N3O2. The molecule has 2 atom stereocenters. The number of fused-ring (bicyclic) bond motifs is 1. The van der Waals surface area contributed by atoms with Gasteiger partial charge in [-0.3, -0.25) is 9.79 Å². The van der Waals surface area contributed by atoms with E-state index in [4.69, 9.17) is 10.5 Å². The predicted octanol–water partition coefficient (Wildman–Crippen LogP) is -0.574. The fraction of sp³-hybridized carbons (Fsp3) is 0.778. The maximum absolute atomic E-state index is 11.5. The van der Waals surface area contributed by atoms with Crippen molar-refractivity contribution in [2.45, 2.75) is 6.42 Å². The summed E-state index contributed by atoms with van der Waals surface area (Å²) in [5, 5.41) is 0. The predicted molar refractivity (Wildman–Crippen MR) is 51.7 cm³/mol. The highest BCUT2D eigenvalue weighted by molar-refractivity contribution is 5.85. The molecule has 78 valence electrons. The molecule has 2 aliphatic rings. The molecule has 1 aliphatic heterocycles. The second-order valence-corrected chi connectivity index (χ2v) is 4.01. The van der Waals surface area contributed by atoms with E-state index in [0.717, 1.165) is 13.0 Å². The lowest BCUT2D eigenvalue weighted by Gasteiger charge is -2.20. The molecule has 14 heavy (non-hydrogen) atoms. The average Bonchev–Trinajstić information content (AvgIpc) is 2.79. The minimum Gasteiger partial charge on any atom is -0.469 e. The number of esters is 1. The summed E-state index contributed by atoms with van der Waals surface area (Å²) >= 11 is 0. The molecule has 0 aromatic carbocycles. The molecule has 5 nitrogen and oxygen atoms in total. The summed E-state index contributed by atoms with van der Waals surface area (Å²) in [5.74, 6) is 0.824. The Bertz CT molecular complexity index is 302. The molecule has 0 aromatic heterocycles. The second-order valence-electron chi connectivity index (χ2n) is 4.01. The summed E-state index contributed by atoms with van der Waals surface area (Å²) in [6.07, 6.45) is 0.938. The largest absolute Gasteiger partial charge is 0.469 e. The number of carbonyl (C=O) groups excluding carboxylic acids is 1. The third kappa shape index (κ3) is 1.08. The van der Waals surface area contributed by atoms with E-state index >= 15 is 0 Å². The van der Waals surface area contributed by atoms with E-state index in [1.54, 1.807) is 7.05 Å². The van der Waals surface area contributed by atoms with Crippen LogP contribution in [-0.2, 0) is 9.53 Å². The molecule has 0 spiro atoms. The van der Waals surface area contributed by atoms with Crippen molar-refractivity contribution < 1.29 is 9.53 Å². The Morgan fingerprint density at radius 2 is 2.43 bits per heavy atom. The van der Waals surface area contributed by atoms with Crippen molar-refractivity contribution in [1.29, 1.82) is 0 Å². The molecule has 0 bridgehead atoms. The van der Waals surface area contributed by atoms with E-state index in [-0.39, 0.29) is 11.4 Å². The molecule has 1 heterocycles. The summed E-state index contributed by atoms with van der Waals surface area (Å²) in [6.45, 7) is 1.49. The highest BCUT2D eigenvalue weighted by Crippen LogP contribution is 2.58. The van der Waals surface area contributed by atoms with Crippen molar-refractivity contribution in [3.05, 3.63) is 0 Å². The topological polar surface area (TPSA) is 67.9 Å². The van der Waals surface area contributed by atoms with E-state index in [2.05, 4.69) is 4.99 Å². The zero-order chi connectivity index (χ0) is 10.3. The van der Waals surface area contributed by atoms with Crippen molar-refractivity contribution in [1.82, 2.24) is 4.90 Å². The Balaban J connectivity index is 2.07. The monoisotopic (exact) mass is 197 g/mol. The molecule has 0 radical (unpaired) electrons. The van der Waals surface area contributed by atoms with E-state index in [9.17, 15) is 4.79 Å². The van der Waals surface area contributed by atoms with Crippen LogP contribution < -0.4 is 5.73 Å². The lowest BCUT2D eigenvalue weighted by Crippen LogP contribution is -2.39. The number of hydrogen-bond acceptors (Lipinski definition) is 3. The van der Waals surface area contributed by atoms with Crippen LogP contribution in [0.25, 0.3) is 0 Å². The van der Waals surface area contributed by atoms with Gasteiger partial charge in [0.2, 0.25) is 0 Å². The molecule has 1 saturated carbocycles. The third-order valence-corrected chi connectivity index (χ3v) is 3.29. The van der Waals surface area contributed by atoms with Crippen molar-refractivity contribution in [2.24, 2.45) is 22.1 Å². The second kappa shape index (κ2) is 2.87. The molecule has 2 rings (SSSR count). The number of methoxy groups -OCH3 is 1. The van der Waals surface area contributed by atoms with Gasteiger partial charge in [0.1, 0.15) is 0 Å². The Labute approximate surface area is 82.9 Å². The first-order valence-corrected chi connectivity index (χ1v) is 4.69. The van der Waals surface area contributed by atoms with E-state index < -0.39 is 0 Å². The van der Waals surface area contributed by atoms with Gasteiger partial charge in [0, 0.05) is 20.1 Å². The summed E-state index contributed by atoms with van der Waals surface area (Å²) < 4.78 is 4.79. The van der Waals surface area contributed by atoms with Gasteiger partial charge in [-0.25, -0.2) is 0 Å².